The zero-order valence-corrected chi connectivity index (χ0v) is 18.4. The van der Waals surface area contributed by atoms with Crippen LogP contribution in [-0.4, -0.2) is 27.5 Å². The van der Waals surface area contributed by atoms with E-state index < -0.39 is 23.5 Å². The summed E-state index contributed by atoms with van der Waals surface area (Å²) < 4.78 is 2.13. The third-order valence-corrected chi connectivity index (χ3v) is 6.03. The van der Waals surface area contributed by atoms with Crippen molar-refractivity contribution in [3.8, 4) is 0 Å². The molecule has 6 nitrogen and oxygen atoms in total. The predicted octanol–water partition coefficient (Wildman–Crippen LogP) is 2.80. The van der Waals surface area contributed by atoms with E-state index in [0.717, 1.165) is 22.4 Å². The van der Waals surface area contributed by atoms with Crippen LogP contribution in [0.5, 0.6) is 0 Å². The maximum absolute atomic E-state index is 11.2. The van der Waals surface area contributed by atoms with Gasteiger partial charge in [-0.05, 0) is 16.7 Å². The molecule has 0 aliphatic rings. The van der Waals surface area contributed by atoms with E-state index in [0.29, 0.717) is 6.42 Å². The number of nitrogens with two attached hydrogens (primary N) is 3. The van der Waals surface area contributed by atoms with Gasteiger partial charge in [-0.3, -0.25) is 4.79 Å². The van der Waals surface area contributed by atoms with E-state index >= 15 is 0 Å². The van der Waals surface area contributed by atoms with E-state index in [9.17, 15) is 4.79 Å². The summed E-state index contributed by atoms with van der Waals surface area (Å²) in [5.41, 5.74) is 21.1. The van der Waals surface area contributed by atoms with E-state index in [-0.39, 0.29) is 6.42 Å². The molecule has 168 valence electrons. The van der Waals surface area contributed by atoms with Crippen LogP contribution in [0.15, 0.2) is 104 Å². The van der Waals surface area contributed by atoms with Gasteiger partial charge in [0.15, 0.2) is 0 Å². The summed E-state index contributed by atoms with van der Waals surface area (Å²) in [6.45, 7) is 0. The van der Waals surface area contributed by atoms with Crippen molar-refractivity contribution in [3.63, 3.8) is 0 Å². The van der Waals surface area contributed by atoms with Crippen molar-refractivity contribution in [2.45, 2.75) is 30.5 Å². The third-order valence-electron chi connectivity index (χ3n) is 6.03. The number of rotatable bonds is 9. The first-order valence-corrected chi connectivity index (χ1v) is 11.0. The van der Waals surface area contributed by atoms with Crippen LogP contribution in [0, 0.1) is 0 Å². The fourth-order valence-corrected chi connectivity index (χ4v) is 4.41. The number of hydrogen-bond acceptors (Lipinski definition) is 4. The van der Waals surface area contributed by atoms with Crippen LogP contribution in [0.1, 0.15) is 28.8 Å². The smallest absolute Gasteiger partial charge is 0.219 e. The number of nitrogens with zero attached hydrogens (tertiary/aromatic N) is 2. The molecule has 0 fully saturated rings. The Kier molecular flexibility index (Phi) is 6.68. The maximum atomic E-state index is 11.2. The minimum absolute atomic E-state index is 0.0455. The van der Waals surface area contributed by atoms with Crippen molar-refractivity contribution in [2.75, 3.05) is 0 Å². The van der Waals surface area contributed by atoms with E-state index in [1.54, 1.807) is 0 Å². The number of imidazole rings is 1. The highest BCUT2D eigenvalue weighted by Crippen LogP contribution is 2.40. The fraction of sp³-hybridized carbons (Fsp3) is 0.185. The number of amides is 1. The second-order valence-electron chi connectivity index (χ2n) is 8.28. The summed E-state index contributed by atoms with van der Waals surface area (Å²) in [5, 5.41) is 0. The lowest BCUT2D eigenvalue weighted by Gasteiger charge is -2.37. The second-order valence-corrected chi connectivity index (χ2v) is 8.28. The predicted molar refractivity (Wildman–Crippen MR) is 130 cm³/mol. The van der Waals surface area contributed by atoms with Crippen molar-refractivity contribution in [3.05, 3.63) is 126 Å². The Balaban J connectivity index is 1.84. The lowest BCUT2D eigenvalue weighted by atomic mass is 9.77. The molecular weight excluding hydrogens is 410 g/mol. The Hall–Kier alpha value is -3.74. The molecule has 1 aromatic heterocycles. The molecule has 0 radical (unpaired) electrons. The van der Waals surface area contributed by atoms with Crippen LogP contribution in [0.2, 0.25) is 0 Å². The summed E-state index contributed by atoms with van der Waals surface area (Å²) in [6, 6.07) is 30.2. The summed E-state index contributed by atoms with van der Waals surface area (Å²) >= 11 is 0. The number of hydrogen-bond donors (Lipinski definition) is 3. The van der Waals surface area contributed by atoms with E-state index in [1.807, 2.05) is 67.1 Å². The number of primary amides is 1. The van der Waals surface area contributed by atoms with E-state index in [2.05, 4.69) is 45.9 Å². The van der Waals surface area contributed by atoms with Gasteiger partial charge in [0.25, 0.3) is 0 Å². The molecule has 0 saturated heterocycles. The molecule has 0 saturated carbocycles. The Morgan fingerprint density at radius 1 is 0.788 bits per heavy atom. The Bertz CT molecular complexity index is 1080. The van der Waals surface area contributed by atoms with Crippen molar-refractivity contribution in [1.82, 2.24) is 9.55 Å². The minimum Gasteiger partial charge on any atom is -0.370 e. The largest absolute Gasteiger partial charge is 0.370 e. The topological polar surface area (TPSA) is 113 Å². The highest BCUT2D eigenvalue weighted by atomic mass is 16.1. The normalized spacial score (nSPS) is 13.4. The average Bonchev–Trinajstić information content (AvgIpc) is 3.30. The molecule has 4 aromatic rings. The summed E-state index contributed by atoms with van der Waals surface area (Å²) in [7, 11) is 0. The Morgan fingerprint density at radius 2 is 1.24 bits per heavy atom. The molecule has 0 aliphatic heterocycles. The van der Waals surface area contributed by atoms with Crippen LogP contribution in [0.25, 0.3) is 0 Å². The van der Waals surface area contributed by atoms with Crippen molar-refractivity contribution < 1.29 is 4.79 Å². The second kappa shape index (κ2) is 9.81. The van der Waals surface area contributed by atoms with Crippen LogP contribution >= 0.6 is 0 Å². The molecule has 0 bridgehead atoms. The molecule has 1 unspecified atom stereocenters. The lowest BCUT2D eigenvalue weighted by molar-refractivity contribution is -0.118. The van der Waals surface area contributed by atoms with Gasteiger partial charge in [-0.2, -0.15) is 0 Å². The molecule has 6 heteroatoms. The first-order valence-electron chi connectivity index (χ1n) is 11.0. The quantitative estimate of drug-likeness (QED) is 0.348. The van der Waals surface area contributed by atoms with Crippen LogP contribution < -0.4 is 17.2 Å². The molecule has 1 amide bonds. The Labute approximate surface area is 194 Å². The maximum Gasteiger partial charge on any atom is 0.219 e. The monoisotopic (exact) mass is 439 g/mol. The van der Waals surface area contributed by atoms with E-state index in [4.69, 9.17) is 17.2 Å². The van der Waals surface area contributed by atoms with Gasteiger partial charge in [-0.1, -0.05) is 91.0 Å². The van der Waals surface area contributed by atoms with Gasteiger partial charge in [-0.25, -0.2) is 4.98 Å². The number of carbonyl (C=O) groups excluding carboxylic acids is 1. The Morgan fingerprint density at radius 3 is 1.67 bits per heavy atom. The summed E-state index contributed by atoms with van der Waals surface area (Å²) in [5.74, 6) is -0.459. The third kappa shape index (κ3) is 4.58. The van der Waals surface area contributed by atoms with Gasteiger partial charge in [0.2, 0.25) is 5.91 Å². The molecular formula is C27H29N5O. The van der Waals surface area contributed by atoms with Crippen molar-refractivity contribution in [2.24, 2.45) is 17.2 Å². The number of benzene rings is 3. The lowest BCUT2D eigenvalue weighted by Crippen LogP contribution is -2.45. The van der Waals surface area contributed by atoms with Gasteiger partial charge in [0, 0.05) is 31.1 Å². The SMILES string of the molecule is NC(=O)CC(N)[C@@H](N)Cc1cn(C(c2ccccc2)(c2ccccc2)c2ccccc2)cn1. The number of carbonyl (C=O) groups is 1. The summed E-state index contributed by atoms with van der Waals surface area (Å²) in [6.07, 6.45) is 4.35. The molecule has 6 N–H and O–H groups in total. The standard InChI is InChI=1S/C27H29N5O/c28-24(25(29)17-26(30)33)16-23-18-32(19-31-23)27(20-10-4-1-5-11-20,21-12-6-2-7-13-21)22-14-8-3-9-15-22/h1-15,18-19,24-25H,16-17,28-29H2,(H2,30,33)/t24-,25?/m0/s1. The first-order chi connectivity index (χ1) is 16.0. The fourth-order valence-electron chi connectivity index (χ4n) is 4.41. The molecule has 4 rings (SSSR count). The average molecular weight is 440 g/mol. The molecule has 3 aromatic carbocycles. The molecule has 33 heavy (non-hydrogen) atoms. The van der Waals surface area contributed by atoms with Crippen molar-refractivity contribution >= 4 is 5.91 Å². The van der Waals surface area contributed by atoms with Crippen LogP contribution in [-0.2, 0) is 16.8 Å². The zero-order valence-electron chi connectivity index (χ0n) is 18.4. The van der Waals surface area contributed by atoms with Gasteiger partial charge in [-0.15, -0.1) is 0 Å². The van der Waals surface area contributed by atoms with Gasteiger partial charge in [0.05, 0.1) is 12.0 Å². The molecule has 0 aliphatic carbocycles. The summed E-state index contributed by atoms with van der Waals surface area (Å²) in [4.78, 5) is 15.9. The highest BCUT2D eigenvalue weighted by Gasteiger charge is 2.38. The highest BCUT2D eigenvalue weighted by molar-refractivity contribution is 5.74. The van der Waals surface area contributed by atoms with Gasteiger partial charge >= 0.3 is 0 Å². The molecule has 1 heterocycles. The van der Waals surface area contributed by atoms with Gasteiger partial charge in [0.1, 0.15) is 5.54 Å². The van der Waals surface area contributed by atoms with Crippen LogP contribution in [0.4, 0.5) is 0 Å². The van der Waals surface area contributed by atoms with Gasteiger partial charge < -0.3 is 21.8 Å². The van der Waals surface area contributed by atoms with Crippen LogP contribution in [0.3, 0.4) is 0 Å². The van der Waals surface area contributed by atoms with E-state index in [1.165, 1.54) is 0 Å². The van der Waals surface area contributed by atoms with Crippen molar-refractivity contribution in [1.29, 1.82) is 0 Å². The first kappa shape index (κ1) is 22.5. The number of aromatic nitrogens is 2. The minimum atomic E-state index is -0.630. The molecule has 0 spiro atoms. The molecule has 2 atom stereocenters. The zero-order chi connectivity index (χ0) is 23.3.